The van der Waals surface area contributed by atoms with Crippen molar-refractivity contribution < 1.29 is 42.7 Å². The number of carboxylic acid groups (broad SMARTS) is 1. The van der Waals surface area contributed by atoms with Crippen LogP contribution in [0.5, 0.6) is 0 Å². The largest absolute Gasteiger partial charge is 0.480 e. The topological polar surface area (TPSA) is 284 Å². The van der Waals surface area contributed by atoms with E-state index < -0.39 is 42.2 Å². The van der Waals surface area contributed by atoms with E-state index in [0.717, 1.165) is 57.8 Å². The van der Waals surface area contributed by atoms with Crippen molar-refractivity contribution in [1.82, 2.24) is 68.9 Å². The number of aromatic nitrogens is 12. The van der Waals surface area contributed by atoms with E-state index in [1.54, 1.807) is 70.0 Å². The molecule has 4 atom stereocenters. The van der Waals surface area contributed by atoms with Gasteiger partial charge in [-0.25, -0.2) is 37.7 Å². The van der Waals surface area contributed by atoms with Crippen molar-refractivity contribution in [3.05, 3.63) is 142 Å². The SMILES string of the molecule is C.CC(=O)c1nn(CC(=O)N2C[C@H](F)C[C@H]2C(=O)Nc2cccc(Br)n2)c2ccc(-c3cnc4cc(C5CC5)nn4c3)cc12.CC(=O)c1nn(CC(=O)O)c2ccc(-c3cnc4cc(C5CC5)nn4c3)cc12.Cl.O=C(Nc1cccc(Br)n1)[C@@H]1C[C@@H](F)CN1.S.S=S. The molecule has 0 spiro atoms. The quantitative estimate of drug-likeness (QED) is 0.0581. The molecule has 2 saturated heterocycles. The number of carbonyl (C=O) groups excluding carboxylic acids is 5. The van der Waals surface area contributed by atoms with Gasteiger partial charge in [0.05, 0.1) is 35.0 Å². The number of fused-ring (bicyclic) bond motifs is 4. The number of alkyl halides is 2. The zero-order chi connectivity index (χ0) is 62.8. The zero-order valence-electron chi connectivity index (χ0n) is 48.4. The molecule has 4 N–H and O–H groups in total. The fourth-order valence-electron chi connectivity index (χ4n) is 10.7. The number of amides is 3. The molecule has 8 aromatic heterocycles. The monoisotopic (exact) mass is 1460 g/mol. The third kappa shape index (κ3) is 16.1. The van der Waals surface area contributed by atoms with Crippen molar-refractivity contribution in [1.29, 1.82) is 0 Å². The number of rotatable bonds is 14. The van der Waals surface area contributed by atoms with Crippen LogP contribution in [0.2, 0.25) is 0 Å². The molecule has 3 amide bonds. The second-order valence-electron chi connectivity index (χ2n) is 21.8. The number of pyridine rings is 2. The van der Waals surface area contributed by atoms with Gasteiger partial charge in [-0.2, -0.15) is 33.9 Å². The molecule has 10 heterocycles. The summed E-state index contributed by atoms with van der Waals surface area (Å²) < 4.78 is 34.9. The highest BCUT2D eigenvalue weighted by molar-refractivity contribution is 9.10. The van der Waals surface area contributed by atoms with E-state index >= 15 is 0 Å². The van der Waals surface area contributed by atoms with Gasteiger partial charge in [-0.3, -0.25) is 38.1 Å². The van der Waals surface area contributed by atoms with Crippen molar-refractivity contribution in [2.24, 2.45) is 0 Å². The zero-order valence-corrected chi connectivity index (χ0v) is 55.0. The summed E-state index contributed by atoms with van der Waals surface area (Å²) in [6.07, 6.45) is 9.86. The minimum Gasteiger partial charge on any atom is -0.480 e. The number of benzene rings is 2. The summed E-state index contributed by atoms with van der Waals surface area (Å²) in [5.41, 5.74) is 8.74. The first kappa shape index (κ1) is 69.9. The maximum atomic E-state index is 14.5. The third-order valence-corrected chi connectivity index (χ3v) is 16.1. The number of nitrogens with zero attached hydrogens (tertiary/aromatic N) is 13. The molecule has 0 radical (unpaired) electrons. The lowest BCUT2D eigenvalue weighted by Gasteiger charge is -2.23. The second kappa shape index (κ2) is 30.2. The Morgan fingerprint density at radius 1 is 0.641 bits per heavy atom. The Kier molecular flexibility index (Phi) is 22.9. The van der Waals surface area contributed by atoms with Crippen molar-refractivity contribution >= 4 is 160 Å². The summed E-state index contributed by atoms with van der Waals surface area (Å²) in [4.78, 5) is 92.4. The molecular weight excluding hydrogens is 1400 g/mol. The molecule has 0 unspecified atom stereocenters. The Balaban J connectivity index is 0.000000191. The highest BCUT2D eigenvalue weighted by Crippen LogP contribution is 2.41. The summed E-state index contributed by atoms with van der Waals surface area (Å²) in [5.74, 6) is -0.904. The van der Waals surface area contributed by atoms with Gasteiger partial charge in [-0.15, -0.1) is 12.4 Å². The van der Waals surface area contributed by atoms with E-state index in [0.29, 0.717) is 54.5 Å². The number of nitrogens with one attached hydrogen (secondary N) is 3. The van der Waals surface area contributed by atoms with Gasteiger partial charge >= 0.3 is 5.97 Å². The van der Waals surface area contributed by atoms with Gasteiger partial charge < -0.3 is 26.0 Å². The van der Waals surface area contributed by atoms with Crippen molar-refractivity contribution in [3.63, 3.8) is 0 Å². The van der Waals surface area contributed by atoms with Crippen LogP contribution in [-0.4, -0.2) is 142 Å². The minimum absolute atomic E-state index is 0. The molecule has 0 bridgehead atoms. The molecule has 2 saturated carbocycles. The fourth-order valence-corrected chi connectivity index (χ4v) is 11.3. The molecule has 2 aromatic carbocycles. The normalized spacial score (nSPS) is 17.2. The van der Waals surface area contributed by atoms with Gasteiger partial charge in [-0.1, -0.05) is 31.7 Å². The Morgan fingerprint density at radius 3 is 1.55 bits per heavy atom. The van der Waals surface area contributed by atoms with E-state index in [-0.39, 0.29) is 101 Å². The van der Waals surface area contributed by atoms with Gasteiger partial charge in [0.15, 0.2) is 22.9 Å². The van der Waals surface area contributed by atoms with Crippen LogP contribution < -0.4 is 16.0 Å². The lowest BCUT2D eigenvalue weighted by molar-refractivity contribution is -0.138. The van der Waals surface area contributed by atoms with Crippen LogP contribution in [-0.2, 0) is 54.6 Å². The Bertz CT molecular complexity index is 4430. The maximum absolute atomic E-state index is 14.5. The highest BCUT2D eigenvalue weighted by Gasteiger charge is 2.40. The number of anilines is 2. The van der Waals surface area contributed by atoms with Crippen LogP contribution in [0, 0.1) is 0 Å². The van der Waals surface area contributed by atoms with Crippen LogP contribution in [0.3, 0.4) is 0 Å². The molecule has 92 heavy (non-hydrogen) atoms. The number of likely N-dealkylation sites (tertiary alicyclic amines) is 1. The van der Waals surface area contributed by atoms with Gasteiger partial charge in [0, 0.05) is 126 Å². The molecule has 31 heteroatoms. The minimum atomic E-state index is -1.35. The first-order chi connectivity index (χ1) is 42.9. The summed E-state index contributed by atoms with van der Waals surface area (Å²) >= 11 is 13.8. The van der Waals surface area contributed by atoms with Crippen molar-refractivity contribution in [2.45, 2.75) is 109 Å². The lowest BCUT2D eigenvalue weighted by Crippen LogP contribution is -2.44. The summed E-state index contributed by atoms with van der Waals surface area (Å²) in [5, 5.41) is 36.4. The molecule has 2 aliphatic heterocycles. The number of carboxylic acids is 1. The van der Waals surface area contributed by atoms with Gasteiger partial charge in [-0.05, 0) is 117 Å². The first-order valence-electron chi connectivity index (χ1n) is 28.2. The fraction of sp³-hybridized carbons (Fsp3) is 0.311. The van der Waals surface area contributed by atoms with Gasteiger partial charge in [0.1, 0.15) is 63.7 Å². The molecule has 4 aliphatic rings. The molecule has 480 valence electrons. The number of ketones is 2. The maximum Gasteiger partial charge on any atom is 0.325 e. The van der Waals surface area contributed by atoms with Crippen LogP contribution in [0.4, 0.5) is 20.4 Å². The number of carbonyl (C=O) groups is 6. The standard InChI is InChI=1S/C30H26BrFN8O3.C20H17N5O3.C10H11BrFN3O.CH4.ClH.S2.H2S/c1-16(41)29-21-9-18(19-12-33-27-11-22(17-5-6-17)36-40(27)13-19)7-8-23(21)39(37-29)15-28(42)38-14-20(32)10-24(38)30(43)35-26-4-2-3-25(31)34-26;1-11(26)20-15-6-13(4-5-17(15)24(23-20)10-19(27)28)14-8-21-18-7-16(12-2-3-12)22-25(18)9-14;11-8-2-1-3-9(14-8)15-10(16)7-4-6(12)5-13-7;;;1-2;/h2-4,7-9,11-13,17,20,24H,5-6,10,14-15H2,1H3,(H,34,35,43);4-9,12H,2-3,10H2,1H3,(H,27,28);1-3,6-7,13H,4-5H2,(H,14,15,16);1H4;1H;;1H2/t20-,24+;;6-,7+;;;;/m1.1..../s1. The smallest absolute Gasteiger partial charge is 0.325 e. The second-order valence-corrected chi connectivity index (χ2v) is 23.4. The van der Waals surface area contributed by atoms with Crippen LogP contribution >= 0.6 is 57.8 Å². The van der Waals surface area contributed by atoms with E-state index in [9.17, 15) is 37.5 Å². The number of hydrogen-bond donors (Lipinski definition) is 4. The predicted molar refractivity (Wildman–Crippen MR) is 362 cm³/mol. The number of aliphatic carboxylic acids is 1. The third-order valence-electron chi connectivity index (χ3n) is 15.3. The van der Waals surface area contributed by atoms with Gasteiger partial charge in [0.25, 0.3) is 0 Å². The average molecular weight is 1460 g/mol. The number of Topliss-reactive ketones (excluding diaryl/α,β-unsaturated/α-hetero) is 2. The Labute approximate surface area is 564 Å². The molecule has 2 aliphatic carbocycles. The Morgan fingerprint density at radius 2 is 1.12 bits per heavy atom. The average Bonchev–Trinajstić information content (AvgIpc) is 1.60. The summed E-state index contributed by atoms with van der Waals surface area (Å²) in [7, 11) is 0. The molecule has 23 nitrogen and oxygen atoms in total. The molecular formula is C61H61Br2ClF2N16O7S3. The van der Waals surface area contributed by atoms with E-state index in [2.05, 4.69) is 111 Å². The number of halogens is 5. The van der Waals surface area contributed by atoms with E-state index in [1.807, 2.05) is 48.8 Å². The highest BCUT2D eigenvalue weighted by atomic mass is 79.9. The van der Waals surface area contributed by atoms with Crippen molar-refractivity contribution in [3.8, 4) is 22.3 Å². The Hall–Kier alpha value is -8.00. The van der Waals surface area contributed by atoms with Crippen LogP contribution in [0.25, 0.3) is 55.4 Å². The van der Waals surface area contributed by atoms with Crippen LogP contribution in [0.1, 0.15) is 104 Å². The van der Waals surface area contributed by atoms with Crippen molar-refractivity contribution in [2.75, 3.05) is 23.7 Å². The lowest BCUT2D eigenvalue weighted by atomic mass is 10.0. The molecule has 10 aromatic rings. The summed E-state index contributed by atoms with van der Waals surface area (Å²) in [6, 6.07) is 23.9. The molecule has 4 fully saturated rings. The van der Waals surface area contributed by atoms with Crippen LogP contribution in [0.15, 0.2) is 119 Å². The van der Waals surface area contributed by atoms with E-state index in [4.69, 9.17) is 5.11 Å². The molecule has 14 rings (SSSR count). The first-order valence-corrected chi connectivity index (χ1v) is 31.1. The van der Waals surface area contributed by atoms with Gasteiger partial charge in [0.2, 0.25) is 17.7 Å². The predicted octanol–water partition coefficient (Wildman–Crippen LogP) is 10.1. The summed E-state index contributed by atoms with van der Waals surface area (Å²) in [6.45, 7) is 2.31. The number of hydrogen-bond acceptors (Lipinski definition) is 17. The van der Waals surface area contributed by atoms with E-state index in [1.165, 1.54) is 41.0 Å².